The third-order valence-electron chi connectivity index (χ3n) is 4.50. The molecular formula is C22H20FN7O. The summed E-state index contributed by atoms with van der Waals surface area (Å²) in [5.41, 5.74) is 12.0. The van der Waals surface area contributed by atoms with Crippen molar-refractivity contribution in [2.24, 2.45) is 5.84 Å². The molecule has 156 valence electrons. The summed E-state index contributed by atoms with van der Waals surface area (Å²) in [6.07, 6.45) is 3.33. The molecule has 4 aromatic rings. The first kappa shape index (κ1) is 20.0. The molecule has 0 saturated heterocycles. The zero-order chi connectivity index (χ0) is 21.8. The monoisotopic (exact) mass is 417 g/mol. The molecule has 2 aromatic carbocycles. The number of hydrogen-bond acceptors (Lipinski definition) is 8. The Bertz CT molecular complexity index is 1220. The molecule has 0 atom stereocenters. The molecule has 8 nitrogen and oxygen atoms in total. The quantitative estimate of drug-likeness (QED) is 0.269. The molecule has 9 heteroatoms. The number of hydrogen-bond donors (Lipinski definition) is 4. The van der Waals surface area contributed by atoms with Crippen molar-refractivity contribution in [2.45, 2.75) is 6.92 Å². The smallest absolute Gasteiger partial charge is 0.222 e. The van der Waals surface area contributed by atoms with E-state index in [1.54, 1.807) is 42.7 Å². The fourth-order valence-electron chi connectivity index (χ4n) is 3.00. The molecular weight excluding hydrogens is 397 g/mol. The molecule has 2 aromatic heterocycles. The largest absolute Gasteiger partial charge is 0.454 e. The number of nitrogen functional groups attached to an aromatic ring is 2. The molecule has 0 unspecified atom stereocenters. The molecule has 6 N–H and O–H groups in total. The molecule has 0 radical (unpaired) electrons. The van der Waals surface area contributed by atoms with Gasteiger partial charge >= 0.3 is 0 Å². The second-order valence-electron chi connectivity index (χ2n) is 6.73. The Morgan fingerprint density at radius 3 is 2.48 bits per heavy atom. The van der Waals surface area contributed by atoms with Crippen LogP contribution in [-0.2, 0) is 0 Å². The average molecular weight is 417 g/mol. The van der Waals surface area contributed by atoms with Gasteiger partial charge in [0.15, 0.2) is 11.6 Å². The van der Waals surface area contributed by atoms with Crippen molar-refractivity contribution in [3.63, 3.8) is 0 Å². The van der Waals surface area contributed by atoms with Crippen LogP contribution in [0, 0.1) is 12.7 Å². The van der Waals surface area contributed by atoms with Crippen LogP contribution in [-0.4, -0.2) is 15.0 Å². The molecule has 31 heavy (non-hydrogen) atoms. The van der Waals surface area contributed by atoms with Crippen molar-refractivity contribution in [1.29, 1.82) is 0 Å². The van der Waals surface area contributed by atoms with E-state index in [1.807, 2.05) is 19.1 Å². The number of nitrogens with zero attached hydrogens (tertiary/aromatic N) is 3. The van der Waals surface area contributed by atoms with Crippen LogP contribution in [0.4, 0.5) is 27.5 Å². The summed E-state index contributed by atoms with van der Waals surface area (Å²) in [5.74, 6) is 6.04. The Kier molecular flexibility index (Phi) is 5.59. The maximum atomic E-state index is 14.6. The van der Waals surface area contributed by atoms with E-state index in [9.17, 15) is 4.39 Å². The third-order valence-corrected chi connectivity index (χ3v) is 4.50. The zero-order valence-electron chi connectivity index (χ0n) is 16.6. The normalized spacial score (nSPS) is 10.5. The number of rotatable bonds is 6. The molecule has 0 aliphatic carbocycles. The van der Waals surface area contributed by atoms with E-state index in [1.165, 1.54) is 12.1 Å². The van der Waals surface area contributed by atoms with Crippen LogP contribution < -0.4 is 27.1 Å². The number of benzene rings is 2. The van der Waals surface area contributed by atoms with Crippen molar-refractivity contribution in [3.05, 3.63) is 78.4 Å². The standard InChI is InChI=1S/C22H20FN7O/c1-13-10-16(3-4-18(13)30-25)31-20-5-2-15(11-17(20)23)27-21-12-19(28-22(24)29-21)14-6-8-26-9-7-14/h2-12,30H,25H2,1H3,(H3,24,27,28,29). The summed E-state index contributed by atoms with van der Waals surface area (Å²) in [7, 11) is 0. The van der Waals surface area contributed by atoms with Crippen LogP contribution >= 0.6 is 0 Å². The molecule has 0 bridgehead atoms. The van der Waals surface area contributed by atoms with Gasteiger partial charge in [0.2, 0.25) is 5.95 Å². The molecule has 0 saturated carbocycles. The van der Waals surface area contributed by atoms with E-state index in [0.717, 1.165) is 16.8 Å². The van der Waals surface area contributed by atoms with Crippen molar-refractivity contribution in [2.75, 3.05) is 16.5 Å². The molecule has 4 rings (SSSR count). The topological polar surface area (TPSA) is 124 Å². The maximum absolute atomic E-state index is 14.6. The van der Waals surface area contributed by atoms with Crippen molar-refractivity contribution >= 4 is 23.1 Å². The molecule has 0 aliphatic rings. The average Bonchev–Trinajstić information content (AvgIpc) is 2.76. The van der Waals surface area contributed by atoms with Gasteiger partial charge in [-0.05, 0) is 55.0 Å². The van der Waals surface area contributed by atoms with Crippen LogP contribution in [0.1, 0.15) is 5.56 Å². The van der Waals surface area contributed by atoms with E-state index in [0.29, 0.717) is 22.9 Å². The Labute approximate surface area is 178 Å². The van der Waals surface area contributed by atoms with Gasteiger partial charge in [-0.25, -0.2) is 9.37 Å². The maximum Gasteiger partial charge on any atom is 0.222 e. The number of nitrogens with one attached hydrogen (secondary N) is 2. The lowest BCUT2D eigenvalue weighted by molar-refractivity contribution is 0.442. The fraction of sp³-hybridized carbons (Fsp3) is 0.0455. The second-order valence-corrected chi connectivity index (χ2v) is 6.73. The number of ether oxygens (including phenoxy) is 1. The van der Waals surface area contributed by atoms with Crippen LogP contribution in [0.25, 0.3) is 11.3 Å². The highest BCUT2D eigenvalue weighted by atomic mass is 19.1. The van der Waals surface area contributed by atoms with Crippen LogP contribution in [0.15, 0.2) is 67.0 Å². The molecule has 2 heterocycles. The highest BCUT2D eigenvalue weighted by molar-refractivity contribution is 5.67. The summed E-state index contributed by atoms with van der Waals surface area (Å²) in [6.45, 7) is 1.87. The molecule has 0 spiro atoms. The van der Waals surface area contributed by atoms with Gasteiger partial charge in [0.25, 0.3) is 0 Å². The van der Waals surface area contributed by atoms with E-state index >= 15 is 0 Å². The first-order valence-corrected chi connectivity index (χ1v) is 9.38. The predicted octanol–water partition coefficient (Wildman–Crippen LogP) is 4.39. The lowest BCUT2D eigenvalue weighted by Gasteiger charge is -2.12. The van der Waals surface area contributed by atoms with Gasteiger partial charge in [-0.1, -0.05) is 0 Å². The lowest BCUT2D eigenvalue weighted by atomic mass is 10.2. The number of halogens is 1. The van der Waals surface area contributed by atoms with Gasteiger partial charge in [0.1, 0.15) is 11.6 Å². The van der Waals surface area contributed by atoms with Gasteiger partial charge in [-0.15, -0.1) is 0 Å². The minimum atomic E-state index is -0.528. The lowest BCUT2D eigenvalue weighted by Crippen LogP contribution is -2.07. The minimum absolute atomic E-state index is 0.0954. The highest BCUT2D eigenvalue weighted by Gasteiger charge is 2.10. The number of aryl methyl sites for hydroxylation is 1. The number of pyridine rings is 1. The van der Waals surface area contributed by atoms with Crippen molar-refractivity contribution in [1.82, 2.24) is 15.0 Å². The number of anilines is 4. The first-order chi connectivity index (χ1) is 15.0. The van der Waals surface area contributed by atoms with Crippen LogP contribution in [0.5, 0.6) is 11.5 Å². The third kappa shape index (κ3) is 4.68. The van der Waals surface area contributed by atoms with E-state index in [-0.39, 0.29) is 11.7 Å². The zero-order valence-corrected chi connectivity index (χ0v) is 16.6. The first-order valence-electron chi connectivity index (χ1n) is 9.38. The van der Waals surface area contributed by atoms with E-state index in [4.69, 9.17) is 16.3 Å². The van der Waals surface area contributed by atoms with E-state index in [2.05, 4.69) is 25.7 Å². The van der Waals surface area contributed by atoms with Crippen LogP contribution in [0.2, 0.25) is 0 Å². The number of aromatic nitrogens is 3. The predicted molar refractivity (Wildman–Crippen MR) is 118 cm³/mol. The Hall–Kier alpha value is -4.24. The van der Waals surface area contributed by atoms with Gasteiger partial charge in [0.05, 0.1) is 11.4 Å². The summed E-state index contributed by atoms with van der Waals surface area (Å²) in [4.78, 5) is 12.4. The second kappa shape index (κ2) is 8.64. The Balaban J connectivity index is 1.54. The number of nitrogens with two attached hydrogens (primary N) is 2. The van der Waals surface area contributed by atoms with Gasteiger partial charge in [-0.3, -0.25) is 10.8 Å². The van der Waals surface area contributed by atoms with Gasteiger partial charge in [0, 0.05) is 35.8 Å². The van der Waals surface area contributed by atoms with Gasteiger partial charge < -0.3 is 21.2 Å². The highest BCUT2D eigenvalue weighted by Crippen LogP contribution is 2.30. The summed E-state index contributed by atoms with van der Waals surface area (Å²) >= 11 is 0. The van der Waals surface area contributed by atoms with Crippen LogP contribution in [0.3, 0.4) is 0 Å². The Morgan fingerprint density at radius 1 is 0.968 bits per heavy atom. The fourth-order valence-corrected chi connectivity index (χ4v) is 3.00. The number of hydrazine groups is 1. The summed E-state index contributed by atoms with van der Waals surface area (Å²) < 4.78 is 20.3. The minimum Gasteiger partial charge on any atom is -0.454 e. The summed E-state index contributed by atoms with van der Waals surface area (Å²) in [6, 6.07) is 15.1. The molecule has 0 amide bonds. The molecule has 0 fully saturated rings. The summed E-state index contributed by atoms with van der Waals surface area (Å²) in [5, 5.41) is 3.05. The van der Waals surface area contributed by atoms with Crippen molar-refractivity contribution < 1.29 is 9.13 Å². The van der Waals surface area contributed by atoms with Crippen molar-refractivity contribution in [3.8, 4) is 22.8 Å². The molecule has 0 aliphatic heterocycles. The van der Waals surface area contributed by atoms with Gasteiger partial charge in [-0.2, -0.15) is 4.98 Å². The SMILES string of the molecule is Cc1cc(Oc2ccc(Nc3cc(-c4ccncc4)nc(N)n3)cc2F)ccc1NN. The van der Waals surface area contributed by atoms with E-state index < -0.39 is 5.82 Å². The Morgan fingerprint density at radius 2 is 1.77 bits per heavy atom.